The second kappa shape index (κ2) is 4.70. The van der Waals surface area contributed by atoms with Gasteiger partial charge in [0.15, 0.2) is 5.72 Å². The van der Waals surface area contributed by atoms with Crippen molar-refractivity contribution < 1.29 is 4.74 Å². The number of piperazine rings is 1. The molecule has 0 amide bonds. The molecule has 0 atom stereocenters. The third kappa shape index (κ3) is 2.21. The summed E-state index contributed by atoms with van der Waals surface area (Å²) >= 11 is 0. The van der Waals surface area contributed by atoms with Gasteiger partial charge in [-0.25, -0.2) is 0 Å². The molecule has 0 aromatic rings. The zero-order valence-electron chi connectivity index (χ0n) is 10.5. The first-order valence-corrected chi connectivity index (χ1v) is 6.04. The van der Waals surface area contributed by atoms with Crippen molar-refractivity contribution in [2.24, 2.45) is 5.92 Å². The third-order valence-electron chi connectivity index (χ3n) is 3.60. The van der Waals surface area contributed by atoms with E-state index in [9.17, 15) is 0 Å². The molecular weight excluding hydrogens is 200 g/mol. The van der Waals surface area contributed by atoms with Crippen LogP contribution in [0.25, 0.3) is 0 Å². The average molecular weight is 222 g/mol. The maximum absolute atomic E-state index is 5.74. The van der Waals surface area contributed by atoms with Gasteiger partial charge < -0.3 is 9.64 Å². The third-order valence-corrected chi connectivity index (χ3v) is 3.60. The Morgan fingerprint density at radius 2 is 1.69 bits per heavy atom. The van der Waals surface area contributed by atoms with Crippen LogP contribution in [0.4, 0.5) is 0 Å². The Morgan fingerprint density at radius 3 is 2.19 bits per heavy atom. The van der Waals surface area contributed by atoms with Crippen LogP contribution in [0, 0.1) is 5.92 Å². The van der Waals surface area contributed by atoms with Crippen LogP contribution in [0.2, 0.25) is 0 Å². The van der Waals surface area contributed by atoms with E-state index in [-0.39, 0.29) is 5.72 Å². The molecule has 16 heavy (non-hydrogen) atoms. The topological polar surface area (TPSA) is 15.7 Å². The second-order valence-corrected chi connectivity index (χ2v) is 4.82. The molecule has 0 unspecified atom stereocenters. The smallest absolute Gasteiger partial charge is 0.159 e. The van der Waals surface area contributed by atoms with Gasteiger partial charge in [0.05, 0.1) is 0 Å². The molecule has 0 radical (unpaired) electrons. The van der Waals surface area contributed by atoms with E-state index >= 15 is 0 Å². The lowest BCUT2D eigenvalue weighted by Crippen LogP contribution is -2.56. The fourth-order valence-electron chi connectivity index (χ4n) is 2.33. The monoisotopic (exact) mass is 222 g/mol. The Hall–Kier alpha value is -0.640. The highest BCUT2D eigenvalue weighted by Gasteiger charge is 2.34. The number of hydrogen-bond acceptors (Lipinski definition) is 3. The number of rotatable bonds is 2. The molecule has 3 nitrogen and oxygen atoms in total. The minimum Gasteiger partial charge on any atom is -0.356 e. The summed E-state index contributed by atoms with van der Waals surface area (Å²) < 4.78 is 5.74. The quantitative estimate of drug-likeness (QED) is 0.656. The zero-order valence-corrected chi connectivity index (χ0v) is 10.5. The van der Waals surface area contributed by atoms with Gasteiger partial charge in [-0.05, 0) is 25.1 Å². The number of allylic oxidation sites excluding steroid dienone is 2. The average Bonchev–Trinajstić information content (AvgIpc) is 2.32. The highest BCUT2D eigenvalue weighted by molar-refractivity contribution is 5.22. The highest BCUT2D eigenvalue weighted by Crippen LogP contribution is 2.26. The molecule has 2 aliphatic rings. The molecule has 3 heteroatoms. The fraction of sp³-hybridized carbons (Fsp3) is 0.692. The van der Waals surface area contributed by atoms with Crippen LogP contribution in [0.3, 0.4) is 0 Å². The Morgan fingerprint density at radius 1 is 1.12 bits per heavy atom. The SMILES string of the molecule is COC1(N2CCN(C)CC2)C=CC(C)C=C1. The molecule has 1 saturated heterocycles. The van der Waals surface area contributed by atoms with Gasteiger partial charge >= 0.3 is 0 Å². The minimum atomic E-state index is -0.298. The molecule has 2 rings (SSSR count). The van der Waals surface area contributed by atoms with Crippen molar-refractivity contribution in [3.05, 3.63) is 24.3 Å². The summed E-state index contributed by atoms with van der Waals surface area (Å²) in [5.74, 6) is 0.524. The summed E-state index contributed by atoms with van der Waals surface area (Å²) in [5.41, 5.74) is -0.298. The minimum absolute atomic E-state index is 0.298. The lowest BCUT2D eigenvalue weighted by atomic mass is 9.98. The lowest BCUT2D eigenvalue weighted by Gasteiger charge is -2.44. The second-order valence-electron chi connectivity index (χ2n) is 4.82. The van der Waals surface area contributed by atoms with E-state index in [4.69, 9.17) is 4.74 Å². The molecule has 1 fully saturated rings. The van der Waals surface area contributed by atoms with Gasteiger partial charge in [-0.15, -0.1) is 0 Å². The molecule has 90 valence electrons. The predicted molar refractivity (Wildman–Crippen MR) is 66.3 cm³/mol. The lowest BCUT2D eigenvalue weighted by molar-refractivity contribution is -0.0793. The summed E-state index contributed by atoms with van der Waals surface area (Å²) in [5, 5.41) is 0. The molecule has 1 heterocycles. The number of likely N-dealkylation sites (N-methyl/N-ethyl adjacent to an activating group) is 1. The number of hydrogen-bond donors (Lipinski definition) is 0. The Bertz CT molecular complexity index is 276. The standard InChI is InChI=1S/C13H22N2O/c1-12-4-6-13(16-3,7-5-12)15-10-8-14(2)9-11-15/h4-7,12H,8-11H2,1-3H3. The normalized spacial score (nSPS) is 36.8. The summed E-state index contributed by atoms with van der Waals surface area (Å²) in [6, 6.07) is 0. The van der Waals surface area contributed by atoms with E-state index in [1.54, 1.807) is 7.11 Å². The van der Waals surface area contributed by atoms with Gasteiger partial charge in [0.2, 0.25) is 0 Å². The number of ether oxygens (including phenoxy) is 1. The van der Waals surface area contributed by atoms with Gasteiger partial charge in [0.25, 0.3) is 0 Å². The van der Waals surface area contributed by atoms with Crippen molar-refractivity contribution >= 4 is 0 Å². The molecule has 1 aliphatic carbocycles. The fourth-order valence-corrected chi connectivity index (χ4v) is 2.33. The van der Waals surface area contributed by atoms with Crippen LogP contribution in [0.5, 0.6) is 0 Å². The van der Waals surface area contributed by atoms with E-state index in [1.165, 1.54) is 0 Å². The summed E-state index contributed by atoms with van der Waals surface area (Å²) in [6.45, 7) is 6.54. The molecule has 0 bridgehead atoms. The first-order chi connectivity index (χ1) is 7.66. The molecular formula is C13H22N2O. The van der Waals surface area contributed by atoms with Crippen LogP contribution in [-0.2, 0) is 4.74 Å². The van der Waals surface area contributed by atoms with Gasteiger partial charge in [0, 0.05) is 33.3 Å². The van der Waals surface area contributed by atoms with E-state index in [1.807, 2.05) is 0 Å². The van der Waals surface area contributed by atoms with Gasteiger partial charge in [-0.3, -0.25) is 4.90 Å². The Labute approximate surface area is 98.4 Å². The summed E-state index contributed by atoms with van der Waals surface area (Å²) in [4.78, 5) is 4.77. The van der Waals surface area contributed by atoms with Crippen molar-refractivity contribution in [1.82, 2.24) is 9.80 Å². The molecule has 0 aromatic carbocycles. The van der Waals surface area contributed by atoms with Crippen molar-refractivity contribution in [3.8, 4) is 0 Å². The van der Waals surface area contributed by atoms with E-state index < -0.39 is 0 Å². The molecule has 0 N–H and O–H groups in total. The van der Waals surface area contributed by atoms with Crippen LogP contribution >= 0.6 is 0 Å². The Balaban J connectivity index is 2.10. The van der Waals surface area contributed by atoms with E-state index in [0.29, 0.717) is 5.92 Å². The molecule has 0 saturated carbocycles. The van der Waals surface area contributed by atoms with Crippen LogP contribution in [-0.4, -0.2) is 55.9 Å². The van der Waals surface area contributed by atoms with Crippen molar-refractivity contribution in [2.45, 2.75) is 12.6 Å². The zero-order chi connectivity index (χ0) is 11.6. The van der Waals surface area contributed by atoms with Gasteiger partial charge in [-0.1, -0.05) is 19.1 Å². The molecule has 0 aromatic heterocycles. The Kier molecular flexibility index (Phi) is 3.47. The van der Waals surface area contributed by atoms with Crippen LogP contribution < -0.4 is 0 Å². The maximum Gasteiger partial charge on any atom is 0.159 e. The highest BCUT2D eigenvalue weighted by atomic mass is 16.5. The molecule has 1 aliphatic heterocycles. The van der Waals surface area contributed by atoms with Crippen molar-refractivity contribution in [1.29, 1.82) is 0 Å². The van der Waals surface area contributed by atoms with Gasteiger partial charge in [0.1, 0.15) is 0 Å². The molecule has 0 spiro atoms. The van der Waals surface area contributed by atoms with E-state index in [0.717, 1.165) is 26.2 Å². The first kappa shape index (κ1) is 11.8. The summed E-state index contributed by atoms with van der Waals surface area (Å²) in [7, 11) is 3.97. The van der Waals surface area contributed by atoms with Crippen LogP contribution in [0.15, 0.2) is 24.3 Å². The predicted octanol–water partition coefficient (Wildman–Crippen LogP) is 1.34. The van der Waals surface area contributed by atoms with Crippen LogP contribution in [0.1, 0.15) is 6.92 Å². The van der Waals surface area contributed by atoms with Gasteiger partial charge in [-0.2, -0.15) is 0 Å². The van der Waals surface area contributed by atoms with Crippen molar-refractivity contribution in [3.63, 3.8) is 0 Å². The number of methoxy groups -OCH3 is 1. The number of nitrogens with zero attached hydrogens (tertiary/aromatic N) is 2. The first-order valence-electron chi connectivity index (χ1n) is 6.04. The van der Waals surface area contributed by atoms with E-state index in [2.05, 4.69) is 48.1 Å². The summed E-state index contributed by atoms with van der Waals surface area (Å²) in [6.07, 6.45) is 8.84. The van der Waals surface area contributed by atoms with Crippen molar-refractivity contribution in [2.75, 3.05) is 40.3 Å². The maximum atomic E-state index is 5.74. The largest absolute Gasteiger partial charge is 0.356 e.